The Hall–Kier alpha value is -0.610. The SMILES string of the molecule is CCC1(CC)C(N)CC1Oc1ccc(Br)c(F)c1. The largest absolute Gasteiger partial charge is 0.490 e. The lowest BCUT2D eigenvalue weighted by Crippen LogP contribution is -2.62. The van der Waals surface area contributed by atoms with Crippen molar-refractivity contribution >= 4 is 15.9 Å². The van der Waals surface area contributed by atoms with Crippen molar-refractivity contribution in [2.45, 2.75) is 45.3 Å². The second kappa shape index (κ2) is 5.17. The number of hydrogen-bond donors (Lipinski definition) is 1. The summed E-state index contributed by atoms with van der Waals surface area (Å²) < 4.78 is 19.8. The Morgan fingerprint density at radius 3 is 2.61 bits per heavy atom. The molecule has 0 aromatic heterocycles. The maximum atomic E-state index is 13.4. The topological polar surface area (TPSA) is 35.2 Å². The summed E-state index contributed by atoms with van der Waals surface area (Å²) in [5, 5.41) is 0. The first-order valence-electron chi connectivity index (χ1n) is 6.40. The quantitative estimate of drug-likeness (QED) is 0.915. The van der Waals surface area contributed by atoms with Crippen LogP contribution in [0.4, 0.5) is 4.39 Å². The van der Waals surface area contributed by atoms with Crippen molar-refractivity contribution in [3.05, 3.63) is 28.5 Å². The van der Waals surface area contributed by atoms with Gasteiger partial charge < -0.3 is 10.5 Å². The molecule has 1 aromatic carbocycles. The maximum Gasteiger partial charge on any atom is 0.141 e. The van der Waals surface area contributed by atoms with E-state index < -0.39 is 0 Å². The van der Waals surface area contributed by atoms with Crippen molar-refractivity contribution in [3.63, 3.8) is 0 Å². The van der Waals surface area contributed by atoms with Gasteiger partial charge in [-0.25, -0.2) is 4.39 Å². The Balaban J connectivity index is 2.12. The second-order valence-electron chi connectivity index (χ2n) is 4.96. The van der Waals surface area contributed by atoms with E-state index in [0.29, 0.717) is 10.2 Å². The molecule has 1 aliphatic carbocycles. The van der Waals surface area contributed by atoms with Gasteiger partial charge in [-0.2, -0.15) is 0 Å². The molecule has 0 spiro atoms. The molecule has 2 rings (SSSR count). The third kappa shape index (κ3) is 2.16. The van der Waals surface area contributed by atoms with Crippen LogP contribution < -0.4 is 10.5 Å². The van der Waals surface area contributed by atoms with Crippen molar-refractivity contribution in [3.8, 4) is 5.75 Å². The number of halogens is 2. The molecule has 2 nitrogen and oxygen atoms in total. The van der Waals surface area contributed by atoms with Crippen molar-refractivity contribution in [2.24, 2.45) is 11.1 Å². The van der Waals surface area contributed by atoms with E-state index in [1.54, 1.807) is 12.1 Å². The molecule has 1 saturated carbocycles. The number of hydrogen-bond acceptors (Lipinski definition) is 2. The summed E-state index contributed by atoms with van der Waals surface area (Å²) in [4.78, 5) is 0. The van der Waals surface area contributed by atoms with Crippen LogP contribution in [0.15, 0.2) is 22.7 Å². The molecule has 0 bridgehead atoms. The third-order valence-electron chi connectivity index (χ3n) is 4.33. The third-order valence-corrected chi connectivity index (χ3v) is 4.98. The van der Waals surface area contributed by atoms with Crippen molar-refractivity contribution in [1.29, 1.82) is 0 Å². The first-order valence-corrected chi connectivity index (χ1v) is 7.20. The van der Waals surface area contributed by atoms with Crippen LogP contribution in [-0.4, -0.2) is 12.1 Å². The van der Waals surface area contributed by atoms with Crippen molar-refractivity contribution < 1.29 is 9.13 Å². The monoisotopic (exact) mass is 315 g/mol. The molecule has 100 valence electrons. The van der Waals surface area contributed by atoms with Crippen LogP contribution in [0.5, 0.6) is 5.75 Å². The van der Waals surface area contributed by atoms with Gasteiger partial charge in [0.15, 0.2) is 0 Å². The van der Waals surface area contributed by atoms with Gasteiger partial charge in [0.2, 0.25) is 0 Å². The zero-order valence-electron chi connectivity index (χ0n) is 10.7. The van der Waals surface area contributed by atoms with Gasteiger partial charge in [-0.05, 0) is 40.9 Å². The van der Waals surface area contributed by atoms with Gasteiger partial charge >= 0.3 is 0 Å². The molecule has 1 fully saturated rings. The first-order chi connectivity index (χ1) is 8.53. The first kappa shape index (κ1) is 13.8. The fourth-order valence-electron chi connectivity index (χ4n) is 2.89. The smallest absolute Gasteiger partial charge is 0.141 e. The van der Waals surface area contributed by atoms with E-state index in [9.17, 15) is 4.39 Å². The normalized spacial score (nSPS) is 25.6. The van der Waals surface area contributed by atoms with Crippen LogP contribution in [-0.2, 0) is 0 Å². The van der Waals surface area contributed by atoms with E-state index >= 15 is 0 Å². The highest BCUT2D eigenvalue weighted by Crippen LogP contribution is 2.47. The Bertz CT molecular complexity index is 434. The van der Waals surface area contributed by atoms with E-state index in [4.69, 9.17) is 10.5 Å². The average molecular weight is 316 g/mol. The fraction of sp³-hybridized carbons (Fsp3) is 0.571. The molecule has 0 heterocycles. The minimum absolute atomic E-state index is 0.0452. The summed E-state index contributed by atoms with van der Waals surface area (Å²) in [5.41, 5.74) is 6.16. The van der Waals surface area contributed by atoms with Gasteiger partial charge in [0, 0.05) is 23.9 Å². The van der Waals surface area contributed by atoms with Crippen LogP contribution in [0.3, 0.4) is 0 Å². The van der Waals surface area contributed by atoms with Crippen LogP contribution >= 0.6 is 15.9 Å². The van der Waals surface area contributed by atoms with Crippen molar-refractivity contribution in [2.75, 3.05) is 0 Å². The molecule has 1 aliphatic rings. The molecule has 1 aromatic rings. The van der Waals surface area contributed by atoms with Gasteiger partial charge in [0.25, 0.3) is 0 Å². The molecular formula is C14H19BrFNO. The van der Waals surface area contributed by atoms with E-state index in [1.165, 1.54) is 6.07 Å². The standard InChI is InChI=1S/C14H19BrFNO/c1-3-14(4-2)12(17)8-13(14)18-9-5-6-10(15)11(16)7-9/h5-7,12-13H,3-4,8,17H2,1-2H3. The lowest BCUT2D eigenvalue weighted by molar-refractivity contribution is -0.0723. The van der Waals surface area contributed by atoms with Gasteiger partial charge in [-0.3, -0.25) is 0 Å². The number of rotatable bonds is 4. The lowest BCUT2D eigenvalue weighted by atomic mass is 9.59. The van der Waals surface area contributed by atoms with E-state index in [1.807, 2.05) is 0 Å². The summed E-state index contributed by atoms with van der Waals surface area (Å²) in [5.74, 6) is 0.286. The molecule has 0 amide bonds. The zero-order valence-corrected chi connectivity index (χ0v) is 12.3. The van der Waals surface area contributed by atoms with Gasteiger partial charge in [0.05, 0.1) is 4.47 Å². The molecular weight excluding hydrogens is 297 g/mol. The van der Waals surface area contributed by atoms with Gasteiger partial charge in [-0.1, -0.05) is 13.8 Å². The predicted molar refractivity (Wildman–Crippen MR) is 74.1 cm³/mol. The highest BCUT2D eigenvalue weighted by molar-refractivity contribution is 9.10. The minimum atomic E-state index is -0.297. The highest BCUT2D eigenvalue weighted by atomic mass is 79.9. The van der Waals surface area contributed by atoms with E-state index in [0.717, 1.165) is 19.3 Å². The highest BCUT2D eigenvalue weighted by Gasteiger charge is 2.52. The molecule has 0 aliphatic heterocycles. The van der Waals surface area contributed by atoms with Crippen molar-refractivity contribution in [1.82, 2.24) is 0 Å². The molecule has 2 N–H and O–H groups in total. The number of benzene rings is 1. The summed E-state index contributed by atoms with van der Waals surface area (Å²) in [6.45, 7) is 4.28. The summed E-state index contributed by atoms with van der Waals surface area (Å²) in [6, 6.07) is 5.07. The van der Waals surface area contributed by atoms with Crippen LogP contribution in [0.1, 0.15) is 33.1 Å². The van der Waals surface area contributed by atoms with Gasteiger partial charge in [0.1, 0.15) is 17.7 Å². The Kier molecular flexibility index (Phi) is 3.97. The zero-order chi connectivity index (χ0) is 13.3. The Morgan fingerprint density at radius 2 is 2.11 bits per heavy atom. The van der Waals surface area contributed by atoms with E-state index in [2.05, 4.69) is 29.8 Å². The lowest BCUT2D eigenvalue weighted by Gasteiger charge is -2.53. The fourth-order valence-corrected chi connectivity index (χ4v) is 3.13. The number of nitrogens with two attached hydrogens (primary N) is 1. The number of ether oxygens (including phenoxy) is 1. The van der Waals surface area contributed by atoms with Crippen LogP contribution in [0, 0.1) is 11.2 Å². The molecule has 18 heavy (non-hydrogen) atoms. The second-order valence-corrected chi connectivity index (χ2v) is 5.82. The Morgan fingerprint density at radius 1 is 1.44 bits per heavy atom. The molecule has 2 atom stereocenters. The summed E-state index contributed by atoms with van der Waals surface area (Å²) in [6.07, 6.45) is 2.94. The average Bonchev–Trinajstić information content (AvgIpc) is 2.35. The summed E-state index contributed by atoms with van der Waals surface area (Å²) >= 11 is 3.14. The molecule has 2 unspecified atom stereocenters. The van der Waals surface area contributed by atoms with Crippen LogP contribution in [0.2, 0.25) is 0 Å². The maximum absolute atomic E-state index is 13.4. The Labute approximate surface area is 116 Å². The predicted octanol–water partition coefficient (Wildman–Crippen LogP) is 3.87. The minimum Gasteiger partial charge on any atom is -0.490 e. The molecule has 0 saturated heterocycles. The van der Waals surface area contributed by atoms with Crippen LogP contribution in [0.25, 0.3) is 0 Å². The molecule has 0 radical (unpaired) electrons. The summed E-state index contributed by atoms with van der Waals surface area (Å²) in [7, 11) is 0. The van der Waals surface area contributed by atoms with Gasteiger partial charge in [-0.15, -0.1) is 0 Å². The van der Waals surface area contributed by atoms with E-state index in [-0.39, 0.29) is 23.4 Å². The molecule has 4 heteroatoms.